The molecule has 0 heterocycles. The van der Waals surface area contributed by atoms with E-state index in [4.69, 9.17) is 13.3 Å². The first-order valence-electron chi connectivity index (χ1n) is 4.35. The molecule has 0 saturated heterocycles. The average Bonchev–Trinajstić information content (AvgIpc) is 2.25. The van der Waals surface area contributed by atoms with Gasteiger partial charge in [-0.25, -0.2) is 0 Å². The first-order chi connectivity index (χ1) is 6.64. The lowest BCUT2D eigenvalue weighted by Crippen LogP contribution is -2.42. The van der Waals surface area contributed by atoms with Gasteiger partial charge in [0.15, 0.2) is 0 Å². The molecule has 0 fully saturated rings. The van der Waals surface area contributed by atoms with Gasteiger partial charge in [0.05, 0.1) is 0 Å². The van der Waals surface area contributed by atoms with E-state index < -0.39 is 8.80 Å². The van der Waals surface area contributed by atoms with Crippen LogP contribution in [0.1, 0.15) is 12.8 Å². The molecule has 0 aliphatic rings. The van der Waals surface area contributed by atoms with Crippen molar-refractivity contribution in [3.05, 3.63) is 12.2 Å². The van der Waals surface area contributed by atoms with Gasteiger partial charge in [0.2, 0.25) is 6.29 Å². The zero-order chi connectivity index (χ0) is 11.0. The summed E-state index contributed by atoms with van der Waals surface area (Å²) in [6.45, 7) is 3.54. The first kappa shape index (κ1) is 13.5. The van der Waals surface area contributed by atoms with Crippen LogP contribution in [0.15, 0.2) is 12.2 Å². The molecule has 0 bridgehead atoms. The van der Waals surface area contributed by atoms with Gasteiger partial charge in [-0.1, -0.05) is 6.58 Å². The van der Waals surface area contributed by atoms with Crippen LogP contribution in [-0.4, -0.2) is 36.4 Å². The normalized spacial score (nSPS) is 11.4. The molecular formula is C9H17O4Si. The Morgan fingerprint density at radius 3 is 2.14 bits per heavy atom. The number of rotatable bonds is 8. The fourth-order valence-electron chi connectivity index (χ4n) is 1.13. The SMILES string of the molecule is C=C([C]=O)CCC[Si](OC)(OC)OC. The van der Waals surface area contributed by atoms with Crippen LogP contribution >= 0.6 is 0 Å². The van der Waals surface area contributed by atoms with Crippen molar-refractivity contribution in [3.8, 4) is 0 Å². The molecule has 0 amide bonds. The molecule has 0 aromatic heterocycles. The molecule has 0 saturated carbocycles. The highest BCUT2D eigenvalue weighted by atomic mass is 28.4. The number of carbonyl (C=O) groups excluding carboxylic acids is 1. The summed E-state index contributed by atoms with van der Waals surface area (Å²) in [7, 11) is 2.24. The summed E-state index contributed by atoms with van der Waals surface area (Å²) < 4.78 is 15.7. The molecule has 0 N–H and O–H groups in total. The summed E-state index contributed by atoms with van der Waals surface area (Å²) in [6.07, 6.45) is 3.12. The Labute approximate surface area is 86.2 Å². The van der Waals surface area contributed by atoms with Gasteiger partial charge in [0, 0.05) is 27.4 Å². The maximum absolute atomic E-state index is 10.2. The van der Waals surface area contributed by atoms with E-state index >= 15 is 0 Å². The van der Waals surface area contributed by atoms with E-state index in [1.165, 1.54) is 0 Å². The van der Waals surface area contributed by atoms with Gasteiger partial charge in [0.25, 0.3) is 0 Å². The van der Waals surface area contributed by atoms with Crippen LogP contribution in [0.2, 0.25) is 6.04 Å². The highest BCUT2D eigenvalue weighted by Gasteiger charge is 2.36. The van der Waals surface area contributed by atoms with Crippen molar-refractivity contribution in [2.75, 3.05) is 21.3 Å². The zero-order valence-corrected chi connectivity index (χ0v) is 9.96. The van der Waals surface area contributed by atoms with E-state index in [1.807, 2.05) is 0 Å². The van der Waals surface area contributed by atoms with Gasteiger partial charge in [-0.05, 0) is 18.4 Å². The maximum Gasteiger partial charge on any atom is 0.500 e. The molecular weight excluding hydrogens is 200 g/mol. The summed E-state index contributed by atoms with van der Waals surface area (Å²) in [4.78, 5) is 10.2. The average molecular weight is 217 g/mol. The fraction of sp³-hybridized carbons (Fsp3) is 0.667. The highest BCUT2D eigenvalue weighted by Crippen LogP contribution is 2.17. The molecule has 5 heteroatoms. The van der Waals surface area contributed by atoms with Crippen molar-refractivity contribution in [1.29, 1.82) is 0 Å². The second kappa shape index (κ2) is 6.89. The molecule has 0 spiro atoms. The minimum Gasteiger partial charge on any atom is -0.377 e. The standard InChI is InChI=1S/C9H17O4Si/c1-9(8-10)6-5-7-14(11-2,12-3)13-4/h1,5-7H2,2-4H3. The van der Waals surface area contributed by atoms with Crippen molar-refractivity contribution in [1.82, 2.24) is 0 Å². The number of hydrogen-bond acceptors (Lipinski definition) is 4. The van der Waals surface area contributed by atoms with Gasteiger partial charge in [-0.15, -0.1) is 0 Å². The topological polar surface area (TPSA) is 44.8 Å². The minimum atomic E-state index is -2.47. The first-order valence-corrected chi connectivity index (χ1v) is 6.28. The molecule has 14 heavy (non-hydrogen) atoms. The van der Waals surface area contributed by atoms with Crippen LogP contribution in [0.3, 0.4) is 0 Å². The Kier molecular flexibility index (Phi) is 6.64. The van der Waals surface area contributed by atoms with E-state index in [-0.39, 0.29) is 0 Å². The lowest BCUT2D eigenvalue weighted by atomic mass is 10.2. The highest BCUT2D eigenvalue weighted by molar-refractivity contribution is 6.60. The molecule has 0 aliphatic carbocycles. The van der Waals surface area contributed by atoms with Gasteiger partial charge >= 0.3 is 8.80 Å². The summed E-state index contributed by atoms with van der Waals surface area (Å²) in [5.41, 5.74) is 0.469. The molecule has 4 nitrogen and oxygen atoms in total. The van der Waals surface area contributed by atoms with Crippen LogP contribution in [-0.2, 0) is 18.1 Å². The Bertz CT molecular complexity index is 181. The summed E-state index contributed by atoms with van der Waals surface area (Å²) >= 11 is 0. The zero-order valence-electron chi connectivity index (χ0n) is 8.96. The second-order valence-electron chi connectivity index (χ2n) is 2.85. The van der Waals surface area contributed by atoms with E-state index in [0.717, 1.165) is 6.42 Å². The quantitative estimate of drug-likeness (QED) is 0.454. The van der Waals surface area contributed by atoms with Gasteiger partial charge < -0.3 is 13.3 Å². The lowest BCUT2D eigenvalue weighted by Gasteiger charge is -2.24. The molecule has 0 aliphatic heterocycles. The number of hydrogen-bond donors (Lipinski definition) is 0. The van der Waals surface area contributed by atoms with Gasteiger partial charge in [-0.2, -0.15) is 0 Å². The van der Waals surface area contributed by atoms with Crippen molar-refractivity contribution >= 4 is 15.1 Å². The second-order valence-corrected chi connectivity index (χ2v) is 5.95. The van der Waals surface area contributed by atoms with Crippen molar-refractivity contribution in [2.24, 2.45) is 0 Å². The third-order valence-corrected chi connectivity index (χ3v) is 4.87. The largest absolute Gasteiger partial charge is 0.500 e. The molecule has 1 radical (unpaired) electrons. The molecule has 0 aromatic rings. The van der Waals surface area contributed by atoms with Crippen LogP contribution < -0.4 is 0 Å². The predicted molar refractivity (Wildman–Crippen MR) is 55.7 cm³/mol. The third-order valence-electron chi connectivity index (χ3n) is 2.04. The lowest BCUT2D eigenvalue weighted by molar-refractivity contribution is 0.123. The van der Waals surface area contributed by atoms with Crippen molar-refractivity contribution in [2.45, 2.75) is 18.9 Å². The molecule has 0 aromatic carbocycles. The molecule has 0 atom stereocenters. The minimum absolute atomic E-state index is 0.469. The number of allylic oxidation sites excluding steroid dienone is 1. The molecule has 81 valence electrons. The van der Waals surface area contributed by atoms with Crippen molar-refractivity contribution in [3.63, 3.8) is 0 Å². The maximum atomic E-state index is 10.2. The molecule has 0 rings (SSSR count). The summed E-state index contributed by atoms with van der Waals surface area (Å²) in [5.74, 6) is 0. The van der Waals surface area contributed by atoms with Crippen LogP contribution in [0.5, 0.6) is 0 Å². The van der Waals surface area contributed by atoms with E-state index in [0.29, 0.717) is 18.0 Å². The Morgan fingerprint density at radius 2 is 1.79 bits per heavy atom. The smallest absolute Gasteiger partial charge is 0.377 e. The van der Waals surface area contributed by atoms with Gasteiger partial charge in [-0.3, -0.25) is 4.79 Å². The predicted octanol–water partition coefficient (Wildman–Crippen LogP) is 1.31. The monoisotopic (exact) mass is 217 g/mol. The van der Waals surface area contributed by atoms with Crippen LogP contribution in [0.25, 0.3) is 0 Å². The summed E-state index contributed by atoms with van der Waals surface area (Å²) in [5, 5.41) is 0. The van der Waals surface area contributed by atoms with Crippen molar-refractivity contribution < 1.29 is 18.1 Å². The molecule has 0 unspecified atom stereocenters. The summed E-state index contributed by atoms with van der Waals surface area (Å²) in [6, 6.07) is 0.678. The van der Waals surface area contributed by atoms with Crippen LogP contribution in [0, 0.1) is 0 Å². The van der Waals surface area contributed by atoms with Crippen LogP contribution in [0.4, 0.5) is 0 Å². The van der Waals surface area contributed by atoms with E-state index in [1.54, 1.807) is 27.6 Å². The van der Waals surface area contributed by atoms with Gasteiger partial charge in [0.1, 0.15) is 0 Å². The Hall–Kier alpha value is -0.493. The van der Waals surface area contributed by atoms with E-state index in [9.17, 15) is 4.79 Å². The fourth-order valence-corrected chi connectivity index (χ4v) is 2.85. The Morgan fingerprint density at radius 1 is 1.29 bits per heavy atom. The van der Waals surface area contributed by atoms with E-state index in [2.05, 4.69) is 6.58 Å². The third kappa shape index (κ3) is 4.14. The Balaban J connectivity index is 3.94.